The van der Waals surface area contributed by atoms with Gasteiger partial charge in [-0.15, -0.1) is 0 Å². The van der Waals surface area contributed by atoms with Crippen LogP contribution in [0.3, 0.4) is 0 Å². The number of hydrogen-bond donors (Lipinski definition) is 3. The molecule has 2 amide bonds. The van der Waals surface area contributed by atoms with E-state index in [1.54, 1.807) is 30.3 Å². The molecule has 23 heavy (non-hydrogen) atoms. The molecule has 1 aliphatic heterocycles. The first-order valence-corrected chi connectivity index (χ1v) is 7.21. The van der Waals surface area contributed by atoms with E-state index in [1.807, 2.05) is 18.2 Å². The molecular weight excluding hydrogens is 296 g/mol. The van der Waals surface area contributed by atoms with Crippen LogP contribution >= 0.6 is 0 Å². The van der Waals surface area contributed by atoms with Crippen LogP contribution in [0.4, 0.5) is 4.79 Å². The Labute approximate surface area is 132 Å². The fraction of sp³-hybridized carbons (Fsp3) is 0.176. The van der Waals surface area contributed by atoms with Gasteiger partial charge in [0.15, 0.2) is 0 Å². The monoisotopic (exact) mass is 310 g/mol. The van der Waals surface area contributed by atoms with Crippen LogP contribution in [-0.4, -0.2) is 32.7 Å². The molecule has 2 aromatic carbocycles. The van der Waals surface area contributed by atoms with Gasteiger partial charge in [-0.2, -0.15) is 0 Å². The summed E-state index contributed by atoms with van der Waals surface area (Å²) in [7, 11) is 0. The molecule has 0 radical (unpaired) electrons. The zero-order chi connectivity index (χ0) is 16.2. The summed E-state index contributed by atoms with van der Waals surface area (Å²) in [6.07, 6.45) is 0. The van der Waals surface area contributed by atoms with Crippen LogP contribution in [0, 0.1) is 0 Å². The van der Waals surface area contributed by atoms with Gasteiger partial charge in [0, 0.05) is 11.1 Å². The van der Waals surface area contributed by atoms with Gasteiger partial charge < -0.3 is 10.2 Å². The largest absolute Gasteiger partial charge is 0.362 e. The maximum absolute atomic E-state index is 12.5. The molecule has 2 unspecified atom stereocenters. The number of carbonyl (C=O) groups excluding carboxylic acids is 2. The number of benzene rings is 2. The molecule has 2 aliphatic rings. The highest BCUT2D eigenvalue weighted by molar-refractivity contribution is 6.11. The van der Waals surface area contributed by atoms with Crippen molar-refractivity contribution in [1.29, 1.82) is 0 Å². The van der Waals surface area contributed by atoms with Crippen LogP contribution in [0.1, 0.15) is 21.5 Å². The number of amides is 2. The SMILES string of the molecule is O=C1NC2(O)C(=O)c3ccccc3C2(O)N1Cc1ccccc1. The Kier molecular flexibility index (Phi) is 2.67. The second-order valence-corrected chi connectivity index (χ2v) is 5.76. The third-order valence-corrected chi connectivity index (χ3v) is 4.49. The van der Waals surface area contributed by atoms with E-state index in [-0.39, 0.29) is 17.7 Å². The summed E-state index contributed by atoms with van der Waals surface area (Å²) in [6.45, 7) is 0.0626. The van der Waals surface area contributed by atoms with E-state index in [9.17, 15) is 19.8 Å². The average Bonchev–Trinajstić information content (AvgIpc) is 2.86. The van der Waals surface area contributed by atoms with Crippen molar-refractivity contribution in [2.24, 2.45) is 0 Å². The lowest BCUT2D eigenvalue weighted by Gasteiger charge is -2.35. The van der Waals surface area contributed by atoms with E-state index in [2.05, 4.69) is 5.32 Å². The zero-order valence-electron chi connectivity index (χ0n) is 12.1. The van der Waals surface area contributed by atoms with E-state index < -0.39 is 23.3 Å². The second kappa shape index (κ2) is 4.41. The Balaban J connectivity index is 1.86. The Bertz CT molecular complexity index is 822. The van der Waals surface area contributed by atoms with Crippen molar-refractivity contribution in [3.8, 4) is 0 Å². The predicted molar refractivity (Wildman–Crippen MR) is 80.1 cm³/mol. The molecule has 1 aliphatic carbocycles. The van der Waals surface area contributed by atoms with Crippen LogP contribution in [0.5, 0.6) is 0 Å². The molecule has 2 aromatic rings. The lowest BCUT2D eigenvalue weighted by atomic mass is 9.98. The molecule has 0 aromatic heterocycles. The van der Waals surface area contributed by atoms with Crippen molar-refractivity contribution in [1.82, 2.24) is 10.2 Å². The highest BCUT2D eigenvalue weighted by atomic mass is 16.4. The molecule has 1 heterocycles. The summed E-state index contributed by atoms with van der Waals surface area (Å²) >= 11 is 0. The molecule has 0 spiro atoms. The van der Waals surface area contributed by atoms with Crippen molar-refractivity contribution in [2.45, 2.75) is 18.0 Å². The van der Waals surface area contributed by atoms with Gasteiger partial charge in [0.25, 0.3) is 5.72 Å². The zero-order valence-corrected chi connectivity index (χ0v) is 12.1. The molecule has 3 N–H and O–H groups in total. The van der Waals surface area contributed by atoms with Crippen LogP contribution < -0.4 is 5.32 Å². The Morgan fingerprint density at radius 2 is 1.61 bits per heavy atom. The summed E-state index contributed by atoms with van der Waals surface area (Å²) in [4.78, 5) is 25.9. The summed E-state index contributed by atoms with van der Waals surface area (Å²) in [6, 6.07) is 14.7. The maximum Gasteiger partial charge on any atom is 0.323 e. The van der Waals surface area contributed by atoms with E-state index in [0.717, 1.165) is 10.5 Å². The quantitative estimate of drug-likeness (QED) is 0.770. The fourth-order valence-electron chi connectivity index (χ4n) is 3.34. The Morgan fingerprint density at radius 1 is 0.957 bits per heavy atom. The van der Waals surface area contributed by atoms with Crippen LogP contribution in [0.15, 0.2) is 54.6 Å². The Morgan fingerprint density at radius 3 is 2.35 bits per heavy atom. The molecule has 0 bridgehead atoms. The first kappa shape index (κ1) is 13.9. The highest BCUT2D eigenvalue weighted by Crippen LogP contribution is 2.49. The summed E-state index contributed by atoms with van der Waals surface area (Å²) in [5, 5.41) is 24.1. The first-order valence-electron chi connectivity index (χ1n) is 7.21. The minimum Gasteiger partial charge on any atom is -0.362 e. The van der Waals surface area contributed by atoms with Crippen LogP contribution in [0.25, 0.3) is 0 Å². The third kappa shape index (κ3) is 1.59. The maximum atomic E-state index is 12.5. The number of nitrogens with one attached hydrogen (secondary N) is 1. The average molecular weight is 310 g/mol. The summed E-state index contributed by atoms with van der Waals surface area (Å²) < 4.78 is 0. The van der Waals surface area contributed by atoms with Gasteiger partial charge in [0.2, 0.25) is 11.5 Å². The molecular formula is C17H14N2O4. The van der Waals surface area contributed by atoms with Gasteiger partial charge in [-0.25, -0.2) is 4.79 Å². The molecule has 1 fully saturated rings. The van der Waals surface area contributed by atoms with Crippen molar-refractivity contribution in [2.75, 3.05) is 0 Å². The van der Waals surface area contributed by atoms with Crippen molar-refractivity contribution >= 4 is 11.8 Å². The van der Waals surface area contributed by atoms with Crippen LogP contribution in [-0.2, 0) is 12.3 Å². The standard InChI is InChI=1S/C17H14N2O4/c20-14-12-8-4-5-9-13(12)17(23)16(14,22)18-15(21)19(17)10-11-6-2-1-3-7-11/h1-9,22-23H,10H2,(H,18,21). The lowest BCUT2D eigenvalue weighted by molar-refractivity contribution is -0.176. The number of fused-ring (bicyclic) bond motifs is 3. The fourth-order valence-corrected chi connectivity index (χ4v) is 3.34. The minimum absolute atomic E-state index is 0.0626. The number of rotatable bonds is 2. The Hall–Kier alpha value is -2.70. The number of ketones is 1. The van der Waals surface area contributed by atoms with Gasteiger partial charge in [-0.05, 0) is 5.56 Å². The molecule has 0 saturated carbocycles. The number of carbonyl (C=O) groups is 2. The summed E-state index contributed by atoms with van der Waals surface area (Å²) in [5.41, 5.74) is -3.30. The van der Waals surface area contributed by atoms with Gasteiger partial charge in [-0.3, -0.25) is 15.0 Å². The van der Waals surface area contributed by atoms with E-state index in [0.29, 0.717) is 0 Å². The molecule has 4 rings (SSSR count). The molecule has 6 nitrogen and oxygen atoms in total. The van der Waals surface area contributed by atoms with Gasteiger partial charge >= 0.3 is 6.03 Å². The number of hydrogen-bond acceptors (Lipinski definition) is 4. The number of aliphatic hydroxyl groups is 2. The minimum atomic E-state index is -2.37. The van der Waals surface area contributed by atoms with Gasteiger partial charge in [0.05, 0.1) is 6.54 Å². The van der Waals surface area contributed by atoms with Crippen LogP contribution in [0.2, 0.25) is 0 Å². The molecule has 1 saturated heterocycles. The first-order chi connectivity index (χ1) is 11.0. The van der Waals surface area contributed by atoms with E-state index in [1.165, 1.54) is 6.07 Å². The third-order valence-electron chi connectivity index (χ3n) is 4.49. The highest BCUT2D eigenvalue weighted by Gasteiger charge is 2.72. The topological polar surface area (TPSA) is 89.9 Å². The number of urea groups is 1. The molecule has 116 valence electrons. The smallest absolute Gasteiger partial charge is 0.323 e. The van der Waals surface area contributed by atoms with E-state index >= 15 is 0 Å². The van der Waals surface area contributed by atoms with Crippen molar-refractivity contribution in [3.05, 3.63) is 71.3 Å². The number of Topliss-reactive ketones (excluding diaryl/α,β-unsaturated/α-hetero) is 1. The summed E-state index contributed by atoms with van der Waals surface area (Å²) in [5.74, 6) is -0.709. The number of nitrogens with zero attached hydrogens (tertiary/aromatic N) is 1. The lowest BCUT2D eigenvalue weighted by Crippen LogP contribution is -2.58. The van der Waals surface area contributed by atoms with Crippen molar-refractivity contribution in [3.63, 3.8) is 0 Å². The predicted octanol–water partition coefficient (Wildman–Crippen LogP) is 0.942. The molecule has 2 atom stereocenters. The second-order valence-electron chi connectivity index (χ2n) is 5.76. The van der Waals surface area contributed by atoms with Gasteiger partial charge in [0.1, 0.15) is 0 Å². The normalized spacial score (nSPS) is 28.5. The van der Waals surface area contributed by atoms with E-state index in [4.69, 9.17) is 0 Å². The van der Waals surface area contributed by atoms with Crippen molar-refractivity contribution < 1.29 is 19.8 Å². The van der Waals surface area contributed by atoms with Gasteiger partial charge in [-0.1, -0.05) is 54.6 Å². The molecule has 6 heteroatoms.